The largest absolute Gasteiger partial charge is 0.392 e. The van der Waals surface area contributed by atoms with E-state index in [4.69, 9.17) is 65.1 Å². The number of hydrogen-bond acceptors (Lipinski definition) is 10. The van der Waals surface area contributed by atoms with Gasteiger partial charge in [0.25, 0.3) is 22.5 Å². The highest BCUT2D eigenvalue weighted by Gasteiger charge is 2.20. The molecule has 0 saturated heterocycles. The number of pyridine rings is 2. The van der Waals surface area contributed by atoms with Gasteiger partial charge in [-0.15, -0.1) is 0 Å². The molecule has 0 saturated carbocycles. The predicted molar refractivity (Wildman–Crippen MR) is 244 cm³/mol. The molecule has 0 amide bonds. The molecule has 8 aromatic rings. The van der Waals surface area contributed by atoms with Crippen molar-refractivity contribution in [1.82, 2.24) is 29.1 Å². The Morgan fingerprint density at radius 3 is 1.54 bits per heavy atom. The molecule has 0 fully saturated rings. The van der Waals surface area contributed by atoms with Gasteiger partial charge in [0.1, 0.15) is 35.3 Å². The summed E-state index contributed by atoms with van der Waals surface area (Å²) in [4.78, 5) is 48.0. The smallest absolute Gasteiger partial charge is 0.268 e. The van der Waals surface area contributed by atoms with E-state index in [0.29, 0.717) is 38.0 Å². The number of hydrogen-bond donors (Lipinski definition) is 4. The summed E-state index contributed by atoms with van der Waals surface area (Å²) in [5, 5.41) is 6.67. The van der Waals surface area contributed by atoms with Crippen LogP contribution in [0.1, 0.15) is 37.3 Å². The third-order valence-corrected chi connectivity index (χ3v) is 10.1. The normalized spacial score (nSPS) is 11.5. The van der Waals surface area contributed by atoms with E-state index in [-0.39, 0.29) is 51.4 Å². The number of rotatable bonds is 6. The fourth-order valence-corrected chi connectivity index (χ4v) is 7.09. The van der Waals surface area contributed by atoms with Crippen LogP contribution in [0.3, 0.4) is 0 Å². The molecule has 7 N–H and O–H groups in total. The topological polar surface area (TPSA) is 194 Å². The fourth-order valence-electron chi connectivity index (χ4n) is 6.38. The highest BCUT2D eigenvalue weighted by Crippen LogP contribution is 2.32. The van der Waals surface area contributed by atoms with E-state index in [1.54, 1.807) is 27.3 Å². The van der Waals surface area contributed by atoms with Crippen LogP contribution in [-0.2, 0) is 0 Å². The highest BCUT2D eigenvalue weighted by molar-refractivity contribution is 6.36. The Morgan fingerprint density at radius 1 is 0.623 bits per heavy atom. The quantitative estimate of drug-likeness (QED) is 0.0923. The number of benzene rings is 4. The van der Waals surface area contributed by atoms with Crippen molar-refractivity contribution in [3.8, 4) is 11.4 Å². The Balaban J connectivity index is 0.000000173. The number of nitrogen functional groups attached to an aromatic ring is 2. The van der Waals surface area contributed by atoms with Crippen LogP contribution in [0.25, 0.3) is 42.6 Å². The lowest BCUT2D eigenvalue weighted by Gasteiger charge is -2.22. The second kappa shape index (κ2) is 19.2. The van der Waals surface area contributed by atoms with Gasteiger partial charge in [0, 0.05) is 28.8 Å². The molecule has 8 rings (SSSR count). The summed E-state index contributed by atoms with van der Waals surface area (Å²) in [5.74, 6) is 0.527. The molecule has 4 aromatic carbocycles. The summed E-state index contributed by atoms with van der Waals surface area (Å²) in [5.41, 5.74) is 20.0. The summed E-state index contributed by atoms with van der Waals surface area (Å²) >= 11 is 18.0. The van der Waals surface area contributed by atoms with E-state index in [0.717, 1.165) is 22.2 Å². The van der Waals surface area contributed by atoms with Gasteiger partial charge < -0.3 is 22.5 Å². The van der Waals surface area contributed by atoms with E-state index in [1.165, 1.54) is 12.7 Å². The van der Waals surface area contributed by atoms with Crippen molar-refractivity contribution in [2.45, 2.75) is 25.9 Å². The number of nitrogens with two attached hydrogens (primary N) is 3. The van der Waals surface area contributed by atoms with Gasteiger partial charge in [0.05, 0.1) is 40.0 Å². The zero-order chi connectivity index (χ0) is 43.8. The molecule has 0 unspecified atom stereocenters. The lowest BCUT2D eigenvalue weighted by molar-refractivity contribution is 0.734. The average Bonchev–Trinajstić information content (AvgIpc) is 3.24. The first kappa shape index (κ1) is 43.3. The number of para-hydroxylation sites is 2. The Bertz CT molecular complexity index is 3070. The molecule has 0 radical (unpaired) electrons. The molecule has 4 aromatic heterocycles. The van der Waals surface area contributed by atoms with Crippen molar-refractivity contribution in [2.75, 3.05) is 16.8 Å². The maximum atomic E-state index is 13.5. The van der Waals surface area contributed by atoms with E-state index in [2.05, 4.69) is 34.9 Å². The predicted octanol–water partition coefficient (Wildman–Crippen LogP) is 9.67. The maximum Gasteiger partial charge on any atom is 0.268 e. The summed E-state index contributed by atoms with van der Waals surface area (Å²) < 4.78 is 3.26. The van der Waals surface area contributed by atoms with Crippen LogP contribution >= 0.6 is 34.8 Å². The first-order chi connectivity index (χ1) is 29.4. The van der Waals surface area contributed by atoms with Crippen molar-refractivity contribution < 1.29 is 0 Å². The first-order valence-electron chi connectivity index (χ1n) is 18.3. The molecule has 2 atom stereocenters. The molecular formula is C44H35Cl3N12O2. The number of nitrogens with zero attached hydrogens (tertiary/aromatic N) is 8. The molecule has 0 aliphatic rings. The number of nitrogens with one attached hydrogen (secondary N) is 1. The third kappa shape index (κ3) is 9.29. The summed E-state index contributed by atoms with van der Waals surface area (Å²) in [6.07, 6.45) is 2.51. The molecular weight excluding hydrogens is 835 g/mol. The van der Waals surface area contributed by atoms with Crippen LogP contribution in [0.5, 0.6) is 0 Å². The molecule has 0 aliphatic heterocycles. The SMILES string of the molecule is C[C@H](N)c1cc2cccc(Cl)c2c(=O)n1-c1ccccc1.[C-]#[N+]c1c(N)ncnc1Cl.[C-]#[N+]c1c(N)ncnc1N[C@@H](C)c1cc2cccc(Cl)c2c(=O)n1-c1ccccc1. The summed E-state index contributed by atoms with van der Waals surface area (Å²) in [6.45, 7) is 17.7. The van der Waals surface area contributed by atoms with Crippen molar-refractivity contribution in [1.29, 1.82) is 0 Å². The molecule has 17 heteroatoms. The monoisotopic (exact) mass is 868 g/mol. The second-order valence-electron chi connectivity index (χ2n) is 13.2. The lowest BCUT2D eigenvalue weighted by atomic mass is 10.1. The number of fused-ring (bicyclic) bond motifs is 2. The number of aromatic nitrogens is 6. The van der Waals surface area contributed by atoms with Gasteiger partial charge >= 0.3 is 0 Å². The van der Waals surface area contributed by atoms with Crippen molar-refractivity contribution >= 4 is 85.2 Å². The average molecular weight is 870 g/mol. The van der Waals surface area contributed by atoms with Gasteiger partial charge in [-0.25, -0.2) is 29.6 Å². The van der Waals surface area contributed by atoms with Crippen LogP contribution in [-0.4, -0.2) is 29.1 Å². The standard InChI is InChI=1S/C22H17ClN6O.C17H15ClN2O.C5H3ClN4/c1-13(28-21-19(25-2)20(24)26-12-27-21)17-11-14-7-6-10-16(23)18(14)22(30)29(17)15-8-4-3-5-9-15;1-11(19)15-10-12-6-5-9-14(18)16(12)17(21)20(15)13-7-3-2-4-8-13;1-8-3-4(6)9-2-10-5(3)7/h3-13H,1H3,(H3,24,26,27,28);2-11H,19H2,1H3;2H,(H2,7,9,10)/t13-;11-;/m00./s1. The van der Waals surface area contributed by atoms with E-state index in [1.807, 2.05) is 105 Å². The summed E-state index contributed by atoms with van der Waals surface area (Å²) in [6, 6.07) is 32.8. The number of halogens is 3. The van der Waals surface area contributed by atoms with E-state index < -0.39 is 0 Å². The fraction of sp³-hybridized carbons (Fsp3) is 0.0909. The molecule has 61 heavy (non-hydrogen) atoms. The first-order valence-corrected chi connectivity index (χ1v) is 19.4. The molecule has 0 aliphatic carbocycles. The minimum absolute atomic E-state index is 0.0976. The minimum Gasteiger partial charge on any atom is -0.392 e. The van der Waals surface area contributed by atoms with Crippen LogP contribution in [0.2, 0.25) is 15.2 Å². The third-order valence-electron chi connectivity index (χ3n) is 9.22. The Labute approximate surface area is 364 Å². The number of anilines is 3. The van der Waals surface area contributed by atoms with Gasteiger partial charge in [-0.2, -0.15) is 0 Å². The van der Waals surface area contributed by atoms with E-state index >= 15 is 0 Å². The molecule has 4 heterocycles. The Morgan fingerprint density at radius 2 is 1.08 bits per heavy atom. The highest BCUT2D eigenvalue weighted by atomic mass is 35.5. The second-order valence-corrected chi connectivity index (χ2v) is 14.4. The van der Waals surface area contributed by atoms with Crippen LogP contribution in [0, 0.1) is 13.1 Å². The summed E-state index contributed by atoms with van der Waals surface area (Å²) in [7, 11) is 0. The van der Waals surface area contributed by atoms with Gasteiger partial charge in [-0.3, -0.25) is 18.7 Å². The molecule has 304 valence electrons. The van der Waals surface area contributed by atoms with Crippen molar-refractivity contribution in [2.24, 2.45) is 5.73 Å². The Hall–Kier alpha value is -7.33. The van der Waals surface area contributed by atoms with Gasteiger partial charge in [0.2, 0.25) is 0 Å². The molecule has 0 spiro atoms. The van der Waals surface area contributed by atoms with Crippen molar-refractivity contribution in [3.63, 3.8) is 0 Å². The van der Waals surface area contributed by atoms with Gasteiger partial charge in [-0.05, 0) is 73.2 Å². The van der Waals surface area contributed by atoms with Gasteiger partial charge in [0.15, 0.2) is 0 Å². The maximum absolute atomic E-state index is 13.5. The molecule has 14 nitrogen and oxygen atoms in total. The van der Waals surface area contributed by atoms with Crippen LogP contribution in [0.4, 0.5) is 28.8 Å². The Kier molecular flexibility index (Phi) is 13.6. The van der Waals surface area contributed by atoms with Crippen LogP contribution < -0.4 is 33.6 Å². The minimum atomic E-state index is -0.379. The molecule has 0 bridgehead atoms. The van der Waals surface area contributed by atoms with Crippen LogP contribution in [0.15, 0.2) is 131 Å². The van der Waals surface area contributed by atoms with E-state index in [9.17, 15) is 9.59 Å². The lowest BCUT2D eigenvalue weighted by Crippen LogP contribution is -2.25. The van der Waals surface area contributed by atoms with Crippen molar-refractivity contribution in [3.05, 3.63) is 192 Å². The van der Waals surface area contributed by atoms with Gasteiger partial charge in [-0.1, -0.05) is 95.5 Å². The zero-order valence-electron chi connectivity index (χ0n) is 32.5. The zero-order valence-corrected chi connectivity index (χ0v) is 34.7.